The van der Waals surface area contributed by atoms with E-state index in [4.69, 9.17) is 17.6 Å². The van der Waals surface area contributed by atoms with E-state index >= 15 is 0 Å². The minimum atomic E-state index is -0.769. The lowest BCUT2D eigenvalue weighted by atomic mass is 9.84. The molecular weight excluding hydrogens is 260 g/mol. The van der Waals surface area contributed by atoms with Gasteiger partial charge in [-0.05, 0) is 20.8 Å². The summed E-state index contributed by atoms with van der Waals surface area (Å²) in [6.07, 6.45) is 12.5. The number of esters is 1. The fourth-order valence-corrected chi connectivity index (χ4v) is 1.69. The molecule has 2 nitrogen and oxygen atoms in total. The van der Waals surface area contributed by atoms with Gasteiger partial charge in [0, 0.05) is 31.6 Å². The summed E-state index contributed by atoms with van der Waals surface area (Å²) in [6, 6.07) is 0. The average Bonchev–Trinajstić information content (AvgIpc) is 2.47. The number of hydrogen-bond donors (Lipinski definition) is 0. The van der Waals surface area contributed by atoms with E-state index in [-0.39, 0.29) is 18.5 Å². The summed E-state index contributed by atoms with van der Waals surface area (Å²) in [7, 11) is 0. The van der Waals surface area contributed by atoms with Crippen molar-refractivity contribution in [1.82, 2.24) is 0 Å². The van der Waals surface area contributed by atoms with Gasteiger partial charge in [-0.15, -0.1) is 48.4 Å². The van der Waals surface area contributed by atoms with Crippen molar-refractivity contribution in [1.29, 1.82) is 0 Å². The molecule has 2 heteroatoms. The predicted octanol–water partition coefficient (Wildman–Crippen LogP) is 3.03. The lowest BCUT2D eigenvalue weighted by Gasteiger charge is -2.24. The predicted molar refractivity (Wildman–Crippen MR) is 85.6 cm³/mol. The molecule has 0 aromatic carbocycles. The standard InChI is InChI=1S/C19H22O2/c1-6-10-13-17(12-8-3)16-21-18(20)19(5,14-9-4)15-11-7-2/h3-4,17H,12-16H2,1-2,5H3. The van der Waals surface area contributed by atoms with Gasteiger partial charge in [0.15, 0.2) is 0 Å². The van der Waals surface area contributed by atoms with E-state index in [2.05, 4.69) is 35.5 Å². The molecule has 2 unspecified atom stereocenters. The molecule has 0 saturated heterocycles. The maximum atomic E-state index is 12.3. The van der Waals surface area contributed by atoms with Gasteiger partial charge in [0.25, 0.3) is 0 Å². The highest BCUT2D eigenvalue weighted by Crippen LogP contribution is 2.27. The third-order valence-corrected chi connectivity index (χ3v) is 3.06. The molecular formula is C19H22O2. The molecule has 0 aromatic heterocycles. The quantitative estimate of drug-likeness (QED) is 0.530. The first-order valence-electron chi connectivity index (χ1n) is 6.87. The Kier molecular flexibility index (Phi) is 9.35. The van der Waals surface area contributed by atoms with Crippen molar-refractivity contribution < 1.29 is 9.53 Å². The highest BCUT2D eigenvalue weighted by molar-refractivity contribution is 5.77. The summed E-state index contributed by atoms with van der Waals surface area (Å²) in [5.74, 6) is 16.3. The second-order valence-corrected chi connectivity index (χ2v) is 5.05. The van der Waals surface area contributed by atoms with Crippen LogP contribution in [-0.4, -0.2) is 12.6 Å². The number of hydrogen-bond acceptors (Lipinski definition) is 2. The fraction of sp³-hybridized carbons (Fsp3) is 0.526. The van der Waals surface area contributed by atoms with Crippen molar-refractivity contribution in [2.75, 3.05) is 6.61 Å². The van der Waals surface area contributed by atoms with E-state index in [0.29, 0.717) is 25.7 Å². The van der Waals surface area contributed by atoms with Gasteiger partial charge in [-0.25, -0.2) is 0 Å². The van der Waals surface area contributed by atoms with Crippen molar-refractivity contribution in [3.8, 4) is 48.4 Å². The van der Waals surface area contributed by atoms with Gasteiger partial charge in [0.2, 0.25) is 0 Å². The van der Waals surface area contributed by atoms with Crippen molar-refractivity contribution in [2.45, 2.75) is 46.5 Å². The summed E-state index contributed by atoms with van der Waals surface area (Å²) >= 11 is 0. The van der Waals surface area contributed by atoms with Crippen LogP contribution in [0.1, 0.15) is 46.5 Å². The summed E-state index contributed by atoms with van der Waals surface area (Å²) in [5.41, 5.74) is -0.769. The molecule has 0 spiro atoms. The highest BCUT2D eigenvalue weighted by atomic mass is 16.5. The van der Waals surface area contributed by atoms with E-state index in [1.165, 1.54) is 0 Å². The maximum Gasteiger partial charge on any atom is 0.313 e. The highest BCUT2D eigenvalue weighted by Gasteiger charge is 2.33. The summed E-state index contributed by atoms with van der Waals surface area (Å²) in [4.78, 5) is 12.3. The first-order valence-corrected chi connectivity index (χ1v) is 6.87. The Bertz CT molecular complexity index is 537. The van der Waals surface area contributed by atoms with Gasteiger partial charge in [0.05, 0.1) is 12.0 Å². The normalized spacial score (nSPS) is 13.0. The molecule has 0 fully saturated rings. The van der Waals surface area contributed by atoms with Crippen LogP contribution in [0.3, 0.4) is 0 Å². The van der Waals surface area contributed by atoms with E-state index in [1.54, 1.807) is 20.8 Å². The second kappa shape index (κ2) is 10.5. The van der Waals surface area contributed by atoms with E-state index in [9.17, 15) is 4.79 Å². The third-order valence-electron chi connectivity index (χ3n) is 3.06. The Morgan fingerprint density at radius 3 is 2.29 bits per heavy atom. The average molecular weight is 282 g/mol. The molecule has 0 aromatic rings. The smallest absolute Gasteiger partial charge is 0.313 e. The summed E-state index contributed by atoms with van der Waals surface area (Å²) in [5, 5.41) is 0. The maximum absolute atomic E-state index is 12.3. The van der Waals surface area contributed by atoms with E-state index in [0.717, 1.165) is 0 Å². The first kappa shape index (κ1) is 18.7. The molecule has 0 aliphatic heterocycles. The number of rotatable bonds is 7. The summed E-state index contributed by atoms with van der Waals surface area (Å²) < 4.78 is 5.40. The van der Waals surface area contributed by atoms with Crippen LogP contribution in [0, 0.1) is 59.7 Å². The Morgan fingerprint density at radius 1 is 1.10 bits per heavy atom. The molecule has 0 radical (unpaired) electrons. The molecule has 0 aliphatic rings. The van der Waals surface area contributed by atoms with Gasteiger partial charge in [-0.3, -0.25) is 4.79 Å². The lowest BCUT2D eigenvalue weighted by molar-refractivity contribution is -0.155. The van der Waals surface area contributed by atoms with Crippen LogP contribution in [0.5, 0.6) is 0 Å². The first-order chi connectivity index (χ1) is 10.0. The Hall–Kier alpha value is -2.29. The summed E-state index contributed by atoms with van der Waals surface area (Å²) in [6.45, 7) is 5.54. The minimum Gasteiger partial charge on any atom is -0.465 e. The molecule has 0 saturated carbocycles. The van der Waals surface area contributed by atoms with Crippen LogP contribution in [0.2, 0.25) is 0 Å². The van der Waals surface area contributed by atoms with Crippen molar-refractivity contribution in [3.05, 3.63) is 0 Å². The van der Waals surface area contributed by atoms with E-state index in [1.807, 2.05) is 0 Å². The fourth-order valence-electron chi connectivity index (χ4n) is 1.69. The monoisotopic (exact) mass is 282 g/mol. The van der Waals surface area contributed by atoms with Crippen LogP contribution in [0.25, 0.3) is 0 Å². The van der Waals surface area contributed by atoms with Gasteiger partial charge in [0.1, 0.15) is 0 Å². The lowest BCUT2D eigenvalue weighted by Crippen LogP contribution is -2.30. The zero-order valence-corrected chi connectivity index (χ0v) is 13.1. The minimum absolute atomic E-state index is 0.0544. The topological polar surface area (TPSA) is 26.3 Å². The second-order valence-electron chi connectivity index (χ2n) is 5.05. The number of carbonyl (C=O) groups excluding carboxylic acids is 1. The number of terminal acetylenes is 2. The van der Waals surface area contributed by atoms with Crippen LogP contribution in [0.15, 0.2) is 0 Å². The molecule has 2 atom stereocenters. The van der Waals surface area contributed by atoms with Crippen molar-refractivity contribution in [2.24, 2.45) is 11.3 Å². The van der Waals surface area contributed by atoms with Gasteiger partial charge in [-0.1, -0.05) is 0 Å². The largest absolute Gasteiger partial charge is 0.465 e. The van der Waals surface area contributed by atoms with Crippen molar-refractivity contribution in [3.63, 3.8) is 0 Å². The van der Waals surface area contributed by atoms with Crippen LogP contribution in [-0.2, 0) is 9.53 Å². The molecule has 0 amide bonds. The number of ether oxygens (including phenoxy) is 1. The number of carbonyl (C=O) groups is 1. The molecule has 0 rings (SSSR count). The Labute approximate surface area is 129 Å². The Balaban J connectivity index is 4.72. The Morgan fingerprint density at radius 2 is 1.76 bits per heavy atom. The van der Waals surface area contributed by atoms with E-state index < -0.39 is 5.41 Å². The van der Waals surface area contributed by atoms with Crippen LogP contribution < -0.4 is 0 Å². The van der Waals surface area contributed by atoms with Crippen LogP contribution >= 0.6 is 0 Å². The molecule has 21 heavy (non-hydrogen) atoms. The van der Waals surface area contributed by atoms with Gasteiger partial charge in [-0.2, -0.15) is 0 Å². The zero-order valence-electron chi connectivity index (χ0n) is 13.1. The molecule has 110 valence electrons. The molecule has 0 bridgehead atoms. The van der Waals surface area contributed by atoms with Gasteiger partial charge >= 0.3 is 5.97 Å². The molecule has 0 heterocycles. The molecule has 0 N–H and O–H groups in total. The van der Waals surface area contributed by atoms with Crippen molar-refractivity contribution >= 4 is 5.97 Å². The molecule has 0 aliphatic carbocycles. The van der Waals surface area contributed by atoms with Crippen LogP contribution in [0.4, 0.5) is 0 Å². The van der Waals surface area contributed by atoms with Gasteiger partial charge < -0.3 is 4.74 Å². The zero-order chi connectivity index (χ0) is 16.1. The SMILES string of the molecule is C#CCC(CC#CC)COC(=O)C(C)(CC#C)CC#CC. The third kappa shape index (κ3) is 7.16.